The van der Waals surface area contributed by atoms with Crippen molar-refractivity contribution in [2.75, 3.05) is 13.1 Å². The molecule has 1 fully saturated rings. The maximum absolute atomic E-state index is 15.9. The standard InChI is InChI=1S/C45H52F6N2O2S2/c1-5-7-9-11-13-15-25-52-39(54)31-21-17-29(18-22-31)35-27-33-37-38(44(48,49)45(50,51)43(37,46)47)34-28-36(57-42(34,4)41(33,3)56-35)30-19-23-32(24-20-30)40(55)53-26-16-14-12-10-8-6-2/h17-24,27-28H,5-16,25-26H2,1-4H3,(H,52,54)(H,53,55). The summed E-state index contributed by atoms with van der Waals surface area (Å²) in [6, 6.07) is 13.1. The number of alkyl halides is 6. The molecule has 0 spiro atoms. The van der Waals surface area contributed by atoms with Gasteiger partial charge in [-0.3, -0.25) is 9.59 Å². The number of allylic oxidation sites excluding steroid dienone is 4. The Hall–Kier alpha value is -3.38. The minimum atomic E-state index is -5.66. The lowest BCUT2D eigenvalue weighted by Gasteiger charge is -2.47. The van der Waals surface area contributed by atoms with Crippen LogP contribution in [0.25, 0.3) is 9.81 Å². The molecule has 0 radical (unpaired) electrons. The molecule has 6 rings (SSSR count). The van der Waals surface area contributed by atoms with Gasteiger partial charge in [0.2, 0.25) is 0 Å². The van der Waals surface area contributed by atoms with Crippen molar-refractivity contribution in [3.63, 3.8) is 0 Å². The van der Waals surface area contributed by atoms with E-state index in [0.29, 0.717) is 45.2 Å². The summed E-state index contributed by atoms with van der Waals surface area (Å²) < 4.78 is 91.4. The summed E-state index contributed by atoms with van der Waals surface area (Å²) in [5.74, 6) is -16.5. The van der Waals surface area contributed by atoms with Crippen molar-refractivity contribution < 1.29 is 35.9 Å². The molecule has 2 unspecified atom stereocenters. The Balaban J connectivity index is 1.25. The van der Waals surface area contributed by atoms with Gasteiger partial charge in [0.15, 0.2) is 0 Å². The molecule has 2 aromatic carbocycles. The predicted molar refractivity (Wildman–Crippen MR) is 221 cm³/mol. The molecule has 1 saturated carbocycles. The smallest absolute Gasteiger partial charge is 0.352 e. The molecule has 2 N–H and O–H groups in total. The van der Waals surface area contributed by atoms with E-state index in [1.54, 1.807) is 62.4 Å². The van der Waals surface area contributed by atoms with Crippen LogP contribution in [0.15, 0.2) is 83.0 Å². The zero-order valence-electron chi connectivity index (χ0n) is 33.1. The van der Waals surface area contributed by atoms with Gasteiger partial charge >= 0.3 is 17.8 Å². The highest BCUT2D eigenvalue weighted by Gasteiger charge is 2.84. The third-order valence-corrected chi connectivity index (χ3v) is 15.2. The van der Waals surface area contributed by atoms with Crippen LogP contribution in [-0.2, 0) is 0 Å². The molecule has 4 aliphatic rings. The second kappa shape index (κ2) is 17.1. The zero-order valence-corrected chi connectivity index (χ0v) is 34.7. The van der Waals surface area contributed by atoms with E-state index in [4.69, 9.17) is 0 Å². The highest BCUT2D eigenvalue weighted by Crippen LogP contribution is 2.75. The van der Waals surface area contributed by atoms with Gasteiger partial charge in [0.1, 0.15) is 0 Å². The SMILES string of the molecule is CCCCCCCCNC(=O)c1ccc(C2=CC3=C4C(=C5C=C(c6ccc(C(=O)NCCCCCCCC)cc6)SC5(C)C3(C)S2)C(F)(F)C(F)(F)C4(F)F)cc1. The highest BCUT2D eigenvalue weighted by molar-refractivity contribution is 8.14. The largest absolute Gasteiger partial charge is 0.380 e. The Morgan fingerprint density at radius 3 is 1.21 bits per heavy atom. The van der Waals surface area contributed by atoms with Gasteiger partial charge in [0, 0.05) is 45.2 Å². The van der Waals surface area contributed by atoms with Crippen molar-refractivity contribution in [3.05, 3.63) is 105 Å². The maximum Gasteiger partial charge on any atom is 0.380 e. The number of fused-ring (bicyclic) bond motifs is 4. The third kappa shape index (κ3) is 7.78. The Kier molecular flexibility index (Phi) is 12.9. The van der Waals surface area contributed by atoms with Crippen LogP contribution in [0.3, 0.4) is 0 Å². The molecule has 308 valence electrons. The lowest BCUT2D eigenvalue weighted by molar-refractivity contribution is -0.258. The first-order valence-electron chi connectivity index (χ1n) is 20.3. The van der Waals surface area contributed by atoms with E-state index in [2.05, 4.69) is 24.5 Å². The molecule has 57 heavy (non-hydrogen) atoms. The van der Waals surface area contributed by atoms with Gasteiger partial charge in [-0.1, -0.05) is 102 Å². The fraction of sp³-hybridized carbons (Fsp3) is 0.511. The van der Waals surface area contributed by atoms with E-state index in [1.165, 1.54) is 61.4 Å². The number of hydrogen-bond donors (Lipinski definition) is 2. The third-order valence-electron chi connectivity index (χ3n) is 11.8. The van der Waals surface area contributed by atoms with E-state index in [-0.39, 0.29) is 23.0 Å². The number of carbonyl (C=O) groups excluding carboxylic acids is 2. The molecule has 0 bridgehead atoms. The Morgan fingerprint density at radius 2 is 0.860 bits per heavy atom. The van der Waals surface area contributed by atoms with Crippen LogP contribution in [0, 0.1) is 0 Å². The van der Waals surface area contributed by atoms with Crippen LogP contribution in [0.1, 0.15) is 137 Å². The number of unbranched alkanes of at least 4 members (excludes halogenated alkanes) is 10. The molecule has 0 saturated heterocycles. The zero-order chi connectivity index (χ0) is 41.2. The van der Waals surface area contributed by atoms with E-state index in [9.17, 15) is 9.59 Å². The number of rotatable bonds is 18. The maximum atomic E-state index is 15.9. The quantitative estimate of drug-likeness (QED) is 0.116. The van der Waals surface area contributed by atoms with Crippen molar-refractivity contribution in [3.8, 4) is 0 Å². The molecular formula is C45H52F6N2O2S2. The normalized spacial score (nSPS) is 23.8. The number of halogens is 6. The number of thioether (sulfide) groups is 2. The number of hydrogen-bond acceptors (Lipinski definition) is 4. The van der Waals surface area contributed by atoms with Crippen LogP contribution in [0.5, 0.6) is 0 Å². The number of benzene rings is 2. The first kappa shape index (κ1) is 43.2. The highest BCUT2D eigenvalue weighted by atomic mass is 32.2. The Labute approximate surface area is 340 Å². The van der Waals surface area contributed by atoms with E-state index < -0.39 is 38.4 Å². The number of nitrogens with one attached hydrogen (secondary N) is 2. The molecule has 2 amide bonds. The minimum absolute atomic E-state index is 0.252. The second-order valence-corrected chi connectivity index (χ2v) is 18.7. The lowest BCUT2D eigenvalue weighted by Crippen LogP contribution is -2.48. The molecule has 12 heteroatoms. The first-order valence-corrected chi connectivity index (χ1v) is 21.9. The second-order valence-electron chi connectivity index (χ2n) is 15.8. The van der Waals surface area contributed by atoms with E-state index in [0.717, 1.165) is 51.4 Å². The van der Waals surface area contributed by atoms with Crippen LogP contribution < -0.4 is 10.6 Å². The fourth-order valence-electron chi connectivity index (χ4n) is 8.18. The van der Waals surface area contributed by atoms with Crippen molar-refractivity contribution in [2.24, 2.45) is 0 Å². The number of amides is 2. The molecule has 2 aliphatic heterocycles. The summed E-state index contributed by atoms with van der Waals surface area (Å²) >= 11 is 2.34. The Bertz CT molecular complexity index is 1830. The summed E-state index contributed by atoms with van der Waals surface area (Å²) in [6.07, 6.45) is 15.7. The van der Waals surface area contributed by atoms with Gasteiger partial charge in [0.25, 0.3) is 11.8 Å². The summed E-state index contributed by atoms with van der Waals surface area (Å²) in [4.78, 5) is 26.6. The van der Waals surface area contributed by atoms with E-state index >= 15 is 26.3 Å². The molecule has 0 aromatic heterocycles. The molecule has 2 atom stereocenters. The average Bonchev–Trinajstić information content (AvgIpc) is 3.77. The van der Waals surface area contributed by atoms with Gasteiger partial charge < -0.3 is 10.6 Å². The monoisotopic (exact) mass is 830 g/mol. The predicted octanol–water partition coefficient (Wildman–Crippen LogP) is 12.8. The molecular weight excluding hydrogens is 779 g/mol. The van der Waals surface area contributed by atoms with E-state index in [1.807, 2.05) is 0 Å². The van der Waals surface area contributed by atoms with Crippen LogP contribution in [0.4, 0.5) is 26.3 Å². The van der Waals surface area contributed by atoms with Crippen molar-refractivity contribution in [1.29, 1.82) is 0 Å². The van der Waals surface area contributed by atoms with Crippen molar-refractivity contribution in [1.82, 2.24) is 10.6 Å². The summed E-state index contributed by atoms with van der Waals surface area (Å²) in [5.41, 5.74) is -1.27. The van der Waals surface area contributed by atoms with Gasteiger partial charge in [-0.15, -0.1) is 23.5 Å². The van der Waals surface area contributed by atoms with Crippen LogP contribution in [-0.4, -0.2) is 52.2 Å². The van der Waals surface area contributed by atoms with Crippen molar-refractivity contribution in [2.45, 2.75) is 132 Å². The lowest BCUT2D eigenvalue weighted by atomic mass is 9.71. The molecule has 4 nitrogen and oxygen atoms in total. The Morgan fingerprint density at radius 1 is 0.526 bits per heavy atom. The van der Waals surface area contributed by atoms with Crippen molar-refractivity contribution >= 4 is 45.1 Å². The van der Waals surface area contributed by atoms with Gasteiger partial charge in [0.05, 0.1) is 9.49 Å². The molecule has 2 aliphatic carbocycles. The van der Waals surface area contributed by atoms with Crippen LogP contribution >= 0.6 is 23.5 Å². The van der Waals surface area contributed by atoms with Gasteiger partial charge in [-0.05, 0) is 85.4 Å². The molecule has 2 aromatic rings. The van der Waals surface area contributed by atoms with Crippen LogP contribution in [0.2, 0.25) is 0 Å². The summed E-state index contributed by atoms with van der Waals surface area (Å²) in [5, 5.41) is 5.85. The minimum Gasteiger partial charge on any atom is -0.352 e. The first-order chi connectivity index (χ1) is 27.0. The summed E-state index contributed by atoms with van der Waals surface area (Å²) in [7, 11) is 0. The fourth-order valence-corrected chi connectivity index (χ4v) is 11.3. The number of carbonyl (C=O) groups is 2. The average molecular weight is 831 g/mol. The van der Waals surface area contributed by atoms with Gasteiger partial charge in [-0.25, -0.2) is 0 Å². The topological polar surface area (TPSA) is 58.2 Å². The molecule has 2 heterocycles. The summed E-state index contributed by atoms with van der Waals surface area (Å²) in [6.45, 7) is 8.68. The van der Waals surface area contributed by atoms with Gasteiger partial charge in [-0.2, -0.15) is 26.3 Å².